The largest absolute Gasteiger partial charge is 0.286 e. The fourth-order valence-corrected chi connectivity index (χ4v) is 2.41. The van der Waals surface area contributed by atoms with E-state index in [1.807, 2.05) is 6.92 Å². The van der Waals surface area contributed by atoms with E-state index in [1.54, 1.807) is 0 Å². The summed E-state index contributed by atoms with van der Waals surface area (Å²) in [6.07, 6.45) is 3.45. The Morgan fingerprint density at radius 3 is 2.36 bits per heavy atom. The molecular weight excluding hydrogens is 164 g/mol. The summed E-state index contributed by atoms with van der Waals surface area (Å²) in [5.41, 5.74) is 0. The molecule has 0 radical (unpaired) electrons. The molecule has 11 heavy (non-hydrogen) atoms. The minimum absolute atomic E-state index is 0.0718. The fraction of sp³-hybridized carbons (Fsp3) is 1.00. The average Bonchev–Trinajstić information content (AvgIpc) is 1.50. The Bertz CT molecular complexity index is 216. The Kier molecular flexibility index (Phi) is 2.54. The molecular formula is C7H14O3S. The highest BCUT2D eigenvalue weighted by Crippen LogP contribution is 2.33. The Morgan fingerprint density at radius 2 is 2.09 bits per heavy atom. The van der Waals surface area contributed by atoms with E-state index in [2.05, 4.69) is 0 Å². The first-order valence-electron chi connectivity index (χ1n) is 3.94. The van der Waals surface area contributed by atoms with Gasteiger partial charge in [0.05, 0.1) is 5.75 Å². The van der Waals surface area contributed by atoms with Gasteiger partial charge in [-0.3, -0.25) is 4.55 Å². The minimum Gasteiger partial charge on any atom is -0.286 e. The molecule has 0 spiro atoms. The lowest BCUT2D eigenvalue weighted by atomic mass is 9.77. The zero-order chi connectivity index (χ0) is 8.48. The van der Waals surface area contributed by atoms with Gasteiger partial charge in [0, 0.05) is 0 Å². The molecule has 0 aromatic heterocycles. The van der Waals surface area contributed by atoms with Crippen LogP contribution in [0.15, 0.2) is 0 Å². The maximum atomic E-state index is 10.4. The summed E-state index contributed by atoms with van der Waals surface area (Å²) in [7, 11) is -3.74. The molecule has 3 nitrogen and oxygen atoms in total. The third kappa shape index (κ3) is 2.79. The molecule has 0 saturated heterocycles. The quantitative estimate of drug-likeness (QED) is 0.663. The van der Waals surface area contributed by atoms with E-state index in [0.29, 0.717) is 5.92 Å². The summed E-state index contributed by atoms with van der Waals surface area (Å²) >= 11 is 0. The lowest BCUT2D eigenvalue weighted by Gasteiger charge is -2.30. The second-order valence-electron chi connectivity index (χ2n) is 3.42. The van der Waals surface area contributed by atoms with Crippen LogP contribution in [-0.4, -0.2) is 18.7 Å². The smallest absolute Gasteiger partial charge is 0.265 e. The molecule has 0 aromatic rings. The molecule has 1 fully saturated rings. The van der Waals surface area contributed by atoms with Gasteiger partial charge < -0.3 is 0 Å². The molecule has 0 bridgehead atoms. The molecule has 0 heterocycles. The molecule has 0 aromatic carbocycles. The van der Waals surface area contributed by atoms with Crippen molar-refractivity contribution >= 4 is 10.1 Å². The summed E-state index contributed by atoms with van der Waals surface area (Å²) < 4.78 is 29.4. The lowest BCUT2D eigenvalue weighted by Crippen LogP contribution is -2.25. The van der Waals surface area contributed by atoms with Crippen molar-refractivity contribution in [1.29, 1.82) is 0 Å². The van der Waals surface area contributed by atoms with E-state index < -0.39 is 10.1 Å². The molecule has 0 aliphatic heterocycles. The molecule has 1 unspecified atom stereocenters. The van der Waals surface area contributed by atoms with Crippen LogP contribution in [0.5, 0.6) is 0 Å². The predicted octanol–water partition coefficient (Wildman–Crippen LogP) is 1.31. The van der Waals surface area contributed by atoms with Gasteiger partial charge in [0.1, 0.15) is 0 Å². The van der Waals surface area contributed by atoms with Gasteiger partial charge in [-0.05, 0) is 11.8 Å². The third-order valence-electron chi connectivity index (χ3n) is 2.43. The van der Waals surface area contributed by atoms with Gasteiger partial charge >= 0.3 is 0 Å². The van der Waals surface area contributed by atoms with Crippen LogP contribution in [0.4, 0.5) is 0 Å². The highest BCUT2D eigenvalue weighted by molar-refractivity contribution is 7.85. The topological polar surface area (TPSA) is 54.4 Å². The first-order chi connectivity index (χ1) is 4.99. The van der Waals surface area contributed by atoms with Gasteiger partial charge in [-0.2, -0.15) is 8.42 Å². The van der Waals surface area contributed by atoms with Crippen LogP contribution in [0.3, 0.4) is 0 Å². The molecule has 0 amide bonds. The summed E-state index contributed by atoms with van der Waals surface area (Å²) in [6, 6.07) is 0. The number of hydrogen-bond donors (Lipinski definition) is 1. The summed E-state index contributed by atoms with van der Waals surface area (Å²) in [6.45, 7) is 1.89. The van der Waals surface area contributed by atoms with Gasteiger partial charge in [0.15, 0.2) is 0 Å². The zero-order valence-electron chi connectivity index (χ0n) is 6.66. The predicted molar refractivity (Wildman–Crippen MR) is 42.9 cm³/mol. The van der Waals surface area contributed by atoms with Gasteiger partial charge in [-0.15, -0.1) is 0 Å². The van der Waals surface area contributed by atoms with Crippen molar-refractivity contribution in [3.05, 3.63) is 0 Å². The number of rotatable bonds is 3. The molecule has 66 valence electrons. The van der Waals surface area contributed by atoms with Gasteiger partial charge in [0.25, 0.3) is 10.1 Å². The molecule has 1 rings (SSSR count). The first-order valence-corrected chi connectivity index (χ1v) is 5.55. The van der Waals surface area contributed by atoms with E-state index in [1.165, 1.54) is 6.42 Å². The van der Waals surface area contributed by atoms with Gasteiger partial charge in [-0.1, -0.05) is 26.2 Å². The van der Waals surface area contributed by atoms with Crippen LogP contribution in [0.25, 0.3) is 0 Å². The molecule has 1 saturated carbocycles. The van der Waals surface area contributed by atoms with E-state index in [-0.39, 0.29) is 11.7 Å². The summed E-state index contributed by atoms with van der Waals surface area (Å²) in [4.78, 5) is 0. The van der Waals surface area contributed by atoms with Crippen LogP contribution in [-0.2, 0) is 10.1 Å². The average molecular weight is 178 g/mol. The van der Waals surface area contributed by atoms with Crippen molar-refractivity contribution in [3.8, 4) is 0 Å². The van der Waals surface area contributed by atoms with E-state index in [0.717, 1.165) is 12.8 Å². The molecule has 1 aliphatic carbocycles. The molecule has 4 heteroatoms. The van der Waals surface area contributed by atoms with Gasteiger partial charge in [-0.25, -0.2) is 0 Å². The Balaban J connectivity index is 2.36. The lowest BCUT2D eigenvalue weighted by molar-refractivity contribution is 0.234. The van der Waals surface area contributed by atoms with Crippen LogP contribution < -0.4 is 0 Å². The van der Waals surface area contributed by atoms with Crippen molar-refractivity contribution in [3.63, 3.8) is 0 Å². The van der Waals surface area contributed by atoms with Crippen molar-refractivity contribution in [2.24, 2.45) is 11.8 Å². The van der Waals surface area contributed by atoms with E-state index in [9.17, 15) is 8.42 Å². The third-order valence-corrected chi connectivity index (χ3v) is 3.38. The van der Waals surface area contributed by atoms with E-state index in [4.69, 9.17) is 4.55 Å². The summed E-state index contributed by atoms with van der Waals surface area (Å²) in [5, 5.41) is 0. The second-order valence-corrected chi connectivity index (χ2v) is 4.91. The molecule has 1 atom stereocenters. The summed E-state index contributed by atoms with van der Waals surface area (Å²) in [5.74, 6) is 0.577. The van der Waals surface area contributed by atoms with Gasteiger partial charge in [0.2, 0.25) is 0 Å². The maximum absolute atomic E-state index is 10.4. The van der Waals surface area contributed by atoms with Crippen LogP contribution in [0.1, 0.15) is 26.2 Å². The normalized spacial score (nSPS) is 22.7. The highest BCUT2D eigenvalue weighted by atomic mass is 32.2. The van der Waals surface area contributed by atoms with Crippen molar-refractivity contribution < 1.29 is 13.0 Å². The van der Waals surface area contributed by atoms with Crippen LogP contribution in [0, 0.1) is 11.8 Å². The Hall–Kier alpha value is -0.0900. The van der Waals surface area contributed by atoms with Crippen molar-refractivity contribution in [2.75, 3.05) is 5.75 Å². The maximum Gasteiger partial charge on any atom is 0.265 e. The Labute approximate surface area is 67.6 Å². The van der Waals surface area contributed by atoms with Crippen LogP contribution in [0.2, 0.25) is 0 Å². The van der Waals surface area contributed by atoms with E-state index >= 15 is 0 Å². The van der Waals surface area contributed by atoms with Crippen molar-refractivity contribution in [2.45, 2.75) is 26.2 Å². The van der Waals surface area contributed by atoms with Crippen LogP contribution >= 0.6 is 0 Å². The van der Waals surface area contributed by atoms with Crippen molar-refractivity contribution in [1.82, 2.24) is 0 Å². The fourth-order valence-electron chi connectivity index (χ4n) is 1.48. The minimum atomic E-state index is -3.74. The molecule has 1 aliphatic rings. The standard InChI is InChI=1S/C7H14O3S/c1-6(5-11(8,9)10)7-3-2-4-7/h6-7H,2-5H2,1H3,(H,8,9,10). The highest BCUT2D eigenvalue weighted by Gasteiger charge is 2.26. The SMILES string of the molecule is CC(CS(=O)(=O)O)C1CCC1. The second kappa shape index (κ2) is 3.11. The monoisotopic (exact) mass is 178 g/mol. The first kappa shape index (κ1) is 9.00. The Morgan fingerprint density at radius 1 is 1.55 bits per heavy atom. The number of hydrogen-bond acceptors (Lipinski definition) is 2. The molecule has 1 N–H and O–H groups in total. The zero-order valence-corrected chi connectivity index (χ0v) is 7.47.